The molecule has 23 heavy (non-hydrogen) atoms. The number of carbonyl (C=O) groups is 2. The van der Waals surface area contributed by atoms with Crippen molar-refractivity contribution in [3.8, 4) is 0 Å². The molecule has 3 aliphatic rings. The lowest BCUT2D eigenvalue weighted by Crippen LogP contribution is -2.48. The first kappa shape index (κ1) is 16.7. The summed E-state index contributed by atoms with van der Waals surface area (Å²) in [6.07, 6.45) is 8.80. The van der Waals surface area contributed by atoms with Crippen molar-refractivity contribution in [3.05, 3.63) is 0 Å². The summed E-state index contributed by atoms with van der Waals surface area (Å²) in [7, 11) is 2.08. The van der Waals surface area contributed by atoms with E-state index in [2.05, 4.69) is 11.9 Å². The first-order chi connectivity index (χ1) is 11.2. The van der Waals surface area contributed by atoms with Crippen LogP contribution in [-0.2, 0) is 9.59 Å². The summed E-state index contributed by atoms with van der Waals surface area (Å²) in [6.45, 7) is 4.08. The fourth-order valence-electron chi connectivity index (χ4n) is 4.05. The number of rotatable bonds is 2. The number of likely N-dealkylation sites (tertiary alicyclic amines) is 1. The Morgan fingerprint density at radius 3 is 2.04 bits per heavy atom. The monoisotopic (exact) mass is 321 g/mol. The molecule has 5 nitrogen and oxygen atoms in total. The summed E-state index contributed by atoms with van der Waals surface area (Å²) in [6, 6.07) is 0.0476. The zero-order chi connectivity index (χ0) is 16.2. The van der Waals surface area contributed by atoms with Crippen LogP contribution >= 0.6 is 0 Å². The van der Waals surface area contributed by atoms with Gasteiger partial charge in [-0.2, -0.15) is 0 Å². The summed E-state index contributed by atoms with van der Waals surface area (Å²) < 4.78 is 0. The van der Waals surface area contributed by atoms with Crippen molar-refractivity contribution in [1.29, 1.82) is 0 Å². The van der Waals surface area contributed by atoms with Gasteiger partial charge in [-0.1, -0.05) is 19.3 Å². The van der Waals surface area contributed by atoms with E-state index >= 15 is 0 Å². The molecule has 0 unspecified atom stereocenters. The van der Waals surface area contributed by atoms with Gasteiger partial charge in [0.15, 0.2) is 0 Å². The number of hydrogen-bond donors (Lipinski definition) is 0. The second kappa shape index (κ2) is 7.65. The standard InChI is InChI=1S/C18H31N3O2/c1-19-10-4-2-3-9-16(19)18(23)21-12-6-11-20(13-14-21)17(22)15-7-5-8-15/h15-16H,2-14H2,1H3/t16-/m0/s1. The van der Waals surface area contributed by atoms with Crippen LogP contribution in [0, 0.1) is 5.92 Å². The molecule has 1 saturated carbocycles. The van der Waals surface area contributed by atoms with Gasteiger partial charge in [0, 0.05) is 32.1 Å². The number of hydrogen-bond acceptors (Lipinski definition) is 3. The van der Waals surface area contributed by atoms with E-state index in [0.717, 1.165) is 58.3 Å². The van der Waals surface area contributed by atoms with Crippen LogP contribution in [0.2, 0.25) is 0 Å². The molecule has 0 radical (unpaired) electrons. The van der Waals surface area contributed by atoms with E-state index in [9.17, 15) is 9.59 Å². The van der Waals surface area contributed by atoms with E-state index in [1.807, 2.05) is 9.80 Å². The Balaban J connectivity index is 1.56. The fraction of sp³-hybridized carbons (Fsp3) is 0.889. The lowest BCUT2D eigenvalue weighted by atomic mass is 9.84. The molecule has 2 aliphatic heterocycles. The Morgan fingerprint density at radius 1 is 0.696 bits per heavy atom. The molecule has 0 bridgehead atoms. The molecule has 1 aliphatic carbocycles. The van der Waals surface area contributed by atoms with Crippen molar-refractivity contribution in [1.82, 2.24) is 14.7 Å². The van der Waals surface area contributed by atoms with E-state index in [-0.39, 0.29) is 17.9 Å². The highest BCUT2D eigenvalue weighted by molar-refractivity contribution is 5.82. The number of nitrogens with zero attached hydrogens (tertiary/aromatic N) is 3. The van der Waals surface area contributed by atoms with Crippen molar-refractivity contribution in [2.45, 2.75) is 57.4 Å². The maximum atomic E-state index is 12.9. The van der Waals surface area contributed by atoms with E-state index in [1.165, 1.54) is 19.3 Å². The van der Waals surface area contributed by atoms with Crippen molar-refractivity contribution in [2.24, 2.45) is 5.92 Å². The number of likely N-dealkylation sites (N-methyl/N-ethyl adjacent to an activating group) is 1. The lowest BCUT2D eigenvalue weighted by Gasteiger charge is -2.32. The van der Waals surface area contributed by atoms with Gasteiger partial charge >= 0.3 is 0 Å². The second-order valence-electron chi connectivity index (χ2n) is 7.48. The molecule has 1 atom stereocenters. The minimum atomic E-state index is 0.0476. The predicted molar refractivity (Wildman–Crippen MR) is 90.0 cm³/mol. The molecular formula is C18H31N3O2. The zero-order valence-corrected chi connectivity index (χ0v) is 14.5. The minimum Gasteiger partial charge on any atom is -0.341 e. The van der Waals surface area contributed by atoms with Gasteiger partial charge in [0.25, 0.3) is 0 Å². The van der Waals surface area contributed by atoms with Crippen LogP contribution in [0.4, 0.5) is 0 Å². The Labute approximate surface area is 140 Å². The summed E-state index contributed by atoms with van der Waals surface area (Å²) in [5, 5.41) is 0. The van der Waals surface area contributed by atoms with Crippen molar-refractivity contribution in [2.75, 3.05) is 39.8 Å². The molecule has 3 fully saturated rings. The van der Waals surface area contributed by atoms with Crippen LogP contribution in [-0.4, -0.2) is 72.3 Å². The van der Waals surface area contributed by atoms with Gasteiger partial charge in [-0.3, -0.25) is 14.5 Å². The first-order valence-electron chi connectivity index (χ1n) is 9.44. The molecule has 5 heteroatoms. The van der Waals surface area contributed by atoms with E-state index in [4.69, 9.17) is 0 Å². The molecule has 2 saturated heterocycles. The second-order valence-corrected chi connectivity index (χ2v) is 7.48. The van der Waals surface area contributed by atoms with Crippen LogP contribution in [0.25, 0.3) is 0 Å². The van der Waals surface area contributed by atoms with Crippen LogP contribution in [0.1, 0.15) is 51.4 Å². The lowest BCUT2D eigenvalue weighted by molar-refractivity contribution is -0.139. The number of carbonyl (C=O) groups excluding carboxylic acids is 2. The van der Waals surface area contributed by atoms with Gasteiger partial charge in [0.1, 0.15) is 0 Å². The largest absolute Gasteiger partial charge is 0.341 e. The Bertz CT molecular complexity index is 436. The van der Waals surface area contributed by atoms with E-state index in [1.54, 1.807) is 0 Å². The van der Waals surface area contributed by atoms with Gasteiger partial charge in [0.05, 0.1) is 6.04 Å². The topological polar surface area (TPSA) is 43.9 Å². The smallest absolute Gasteiger partial charge is 0.239 e. The Kier molecular flexibility index (Phi) is 5.57. The molecular weight excluding hydrogens is 290 g/mol. The van der Waals surface area contributed by atoms with Crippen molar-refractivity contribution >= 4 is 11.8 Å². The SMILES string of the molecule is CN1CCCCC[C@H]1C(=O)N1CCCN(C(=O)C2CCC2)CC1. The molecule has 0 aromatic heterocycles. The molecule has 2 amide bonds. The maximum absolute atomic E-state index is 12.9. The van der Waals surface area contributed by atoms with Crippen LogP contribution in [0.15, 0.2) is 0 Å². The molecule has 2 heterocycles. The highest BCUT2D eigenvalue weighted by Gasteiger charge is 2.33. The summed E-state index contributed by atoms with van der Waals surface area (Å²) in [5.74, 6) is 0.884. The molecule has 0 spiro atoms. The van der Waals surface area contributed by atoms with Crippen molar-refractivity contribution in [3.63, 3.8) is 0 Å². The number of amides is 2. The van der Waals surface area contributed by atoms with Crippen LogP contribution in [0.3, 0.4) is 0 Å². The highest BCUT2D eigenvalue weighted by Crippen LogP contribution is 2.28. The molecule has 0 aromatic carbocycles. The minimum absolute atomic E-state index is 0.0476. The molecule has 130 valence electrons. The van der Waals surface area contributed by atoms with E-state index in [0.29, 0.717) is 12.5 Å². The maximum Gasteiger partial charge on any atom is 0.239 e. The average molecular weight is 321 g/mol. The van der Waals surface area contributed by atoms with Crippen LogP contribution < -0.4 is 0 Å². The van der Waals surface area contributed by atoms with Gasteiger partial charge in [0.2, 0.25) is 11.8 Å². The first-order valence-corrected chi connectivity index (χ1v) is 9.44. The quantitative estimate of drug-likeness (QED) is 0.778. The van der Waals surface area contributed by atoms with Gasteiger partial charge in [-0.25, -0.2) is 0 Å². The molecule has 0 aromatic rings. The average Bonchev–Trinajstić information content (AvgIpc) is 2.85. The van der Waals surface area contributed by atoms with Gasteiger partial charge < -0.3 is 9.80 Å². The predicted octanol–water partition coefficient (Wildman–Crippen LogP) is 1.72. The third kappa shape index (κ3) is 3.87. The third-order valence-corrected chi connectivity index (χ3v) is 5.88. The normalized spacial score (nSPS) is 28.0. The van der Waals surface area contributed by atoms with Gasteiger partial charge in [-0.15, -0.1) is 0 Å². The molecule has 3 rings (SSSR count). The highest BCUT2D eigenvalue weighted by atomic mass is 16.2. The summed E-state index contributed by atoms with van der Waals surface area (Å²) in [4.78, 5) is 31.6. The fourth-order valence-corrected chi connectivity index (χ4v) is 4.05. The van der Waals surface area contributed by atoms with Gasteiger partial charge in [-0.05, 0) is 45.7 Å². The van der Waals surface area contributed by atoms with E-state index < -0.39 is 0 Å². The summed E-state index contributed by atoms with van der Waals surface area (Å²) >= 11 is 0. The third-order valence-electron chi connectivity index (χ3n) is 5.88. The summed E-state index contributed by atoms with van der Waals surface area (Å²) in [5.41, 5.74) is 0. The molecule has 0 N–H and O–H groups in total. The Hall–Kier alpha value is -1.10. The zero-order valence-electron chi connectivity index (χ0n) is 14.5. The Morgan fingerprint density at radius 2 is 1.39 bits per heavy atom. The van der Waals surface area contributed by atoms with Crippen LogP contribution in [0.5, 0.6) is 0 Å². The van der Waals surface area contributed by atoms with Crippen molar-refractivity contribution < 1.29 is 9.59 Å².